The van der Waals surface area contributed by atoms with Crippen molar-refractivity contribution in [2.75, 3.05) is 22.6 Å². The largest absolute Gasteiger partial charge is 0.473 e. The highest BCUT2D eigenvalue weighted by atomic mass is 32.2. The molecule has 106 valence electrons. The molecule has 0 saturated carbocycles. The molecule has 1 aliphatic rings. The summed E-state index contributed by atoms with van der Waals surface area (Å²) in [5, 5.41) is 3.36. The maximum atomic E-state index is 11.3. The normalized spacial score (nSPS) is 23.3. The Morgan fingerprint density at radius 2 is 2.11 bits per heavy atom. The lowest BCUT2D eigenvalue weighted by molar-refractivity contribution is 0.234. The zero-order valence-corrected chi connectivity index (χ0v) is 12.2. The van der Waals surface area contributed by atoms with Crippen LogP contribution in [0.3, 0.4) is 0 Å². The van der Waals surface area contributed by atoms with E-state index < -0.39 is 10.8 Å². The highest BCUT2D eigenvalue weighted by molar-refractivity contribution is 7.85. The van der Waals surface area contributed by atoms with Gasteiger partial charge in [-0.05, 0) is 38.8 Å². The molecule has 1 aromatic rings. The summed E-state index contributed by atoms with van der Waals surface area (Å²) >= 11 is 0. The van der Waals surface area contributed by atoms with Crippen LogP contribution in [0, 0.1) is 0 Å². The predicted octanol–water partition coefficient (Wildman–Crippen LogP) is 1.77. The van der Waals surface area contributed by atoms with Gasteiger partial charge in [-0.3, -0.25) is 4.21 Å². The van der Waals surface area contributed by atoms with Crippen LogP contribution in [0.4, 0.5) is 11.5 Å². The monoisotopic (exact) mass is 283 g/mol. The third-order valence-electron chi connectivity index (χ3n) is 2.98. The van der Waals surface area contributed by atoms with Gasteiger partial charge in [0.2, 0.25) is 5.88 Å². The van der Waals surface area contributed by atoms with Crippen molar-refractivity contribution in [2.24, 2.45) is 0 Å². The number of nitrogens with two attached hydrogens (primary N) is 1. The van der Waals surface area contributed by atoms with Gasteiger partial charge >= 0.3 is 0 Å². The minimum Gasteiger partial charge on any atom is -0.473 e. The molecule has 0 amide bonds. The van der Waals surface area contributed by atoms with Crippen molar-refractivity contribution < 1.29 is 8.95 Å². The van der Waals surface area contributed by atoms with Gasteiger partial charge in [0.05, 0.1) is 11.8 Å². The molecular weight excluding hydrogens is 262 g/mol. The summed E-state index contributed by atoms with van der Waals surface area (Å²) in [5.74, 6) is 2.77. The van der Waals surface area contributed by atoms with Crippen LogP contribution in [0.5, 0.6) is 5.88 Å². The summed E-state index contributed by atoms with van der Waals surface area (Å²) in [6, 6.07) is 3.99. The van der Waals surface area contributed by atoms with E-state index in [1.807, 2.05) is 19.9 Å². The number of hydrogen-bond acceptors (Lipinski definition) is 5. The van der Waals surface area contributed by atoms with Crippen LogP contribution in [0.2, 0.25) is 0 Å². The van der Waals surface area contributed by atoms with Crippen LogP contribution in [0.15, 0.2) is 12.1 Å². The number of ether oxygens (including phenoxy) is 1. The molecular formula is C13H21N3O2S. The third-order valence-corrected chi connectivity index (χ3v) is 4.36. The van der Waals surface area contributed by atoms with Gasteiger partial charge in [0.25, 0.3) is 0 Å². The van der Waals surface area contributed by atoms with Crippen LogP contribution in [-0.4, -0.2) is 32.8 Å². The van der Waals surface area contributed by atoms with Crippen molar-refractivity contribution in [3.63, 3.8) is 0 Å². The van der Waals surface area contributed by atoms with E-state index in [-0.39, 0.29) is 6.10 Å². The van der Waals surface area contributed by atoms with Crippen molar-refractivity contribution >= 4 is 22.3 Å². The van der Waals surface area contributed by atoms with Gasteiger partial charge in [-0.15, -0.1) is 0 Å². The number of anilines is 2. The van der Waals surface area contributed by atoms with Gasteiger partial charge in [0.15, 0.2) is 0 Å². The third kappa shape index (κ3) is 4.09. The fraction of sp³-hybridized carbons (Fsp3) is 0.615. The van der Waals surface area contributed by atoms with Crippen LogP contribution >= 0.6 is 0 Å². The second-order valence-electron chi connectivity index (χ2n) is 5.02. The molecule has 0 aliphatic carbocycles. The maximum Gasteiger partial charge on any atom is 0.239 e. The lowest BCUT2D eigenvalue weighted by Gasteiger charge is -2.23. The molecule has 0 aromatic carbocycles. The first-order chi connectivity index (χ1) is 9.04. The molecule has 1 aromatic heterocycles. The van der Waals surface area contributed by atoms with Gasteiger partial charge < -0.3 is 15.8 Å². The predicted molar refractivity (Wildman–Crippen MR) is 78.9 cm³/mol. The number of pyridine rings is 1. The highest BCUT2D eigenvalue weighted by Gasteiger charge is 2.18. The topological polar surface area (TPSA) is 77.2 Å². The summed E-state index contributed by atoms with van der Waals surface area (Å²) in [4.78, 5) is 4.39. The smallest absolute Gasteiger partial charge is 0.239 e. The minimum atomic E-state index is -0.640. The molecule has 6 heteroatoms. The summed E-state index contributed by atoms with van der Waals surface area (Å²) in [6.07, 6.45) is 1.88. The minimum absolute atomic E-state index is 0.0437. The first kappa shape index (κ1) is 14.1. The zero-order valence-electron chi connectivity index (χ0n) is 11.4. The number of hydrogen-bond donors (Lipinski definition) is 2. The van der Waals surface area contributed by atoms with Gasteiger partial charge in [-0.2, -0.15) is 4.98 Å². The molecule has 0 radical (unpaired) electrons. The summed E-state index contributed by atoms with van der Waals surface area (Å²) in [7, 11) is -0.640. The Labute approximate surface area is 116 Å². The van der Waals surface area contributed by atoms with Crippen LogP contribution in [-0.2, 0) is 10.8 Å². The maximum absolute atomic E-state index is 11.3. The standard InChI is InChI=1S/C13H21N3O2S/c1-9(2)18-13-11(14)3-4-12(16-13)15-10-5-7-19(17)8-6-10/h3-4,9-10H,5-8,14H2,1-2H3,(H,15,16). The molecule has 1 saturated heterocycles. The Balaban J connectivity index is 2.02. The first-order valence-corrected chi connectivity index (χ1v) is 8.08. The van der Waals surface area contributed by atoms with E-state index in [1.54, 1.807) is 6.07 Å². The SMILES string of the molecule is CC(C)Oc1nc(NC2CCS(=O)CC2)ccc1N. The molecule has 2 rings (SSSR count). The highest BCUT2D eigenvalue weighted by Crippen LogP contribution is 2.23. The number of nitrogens with one attached hydrogen (secondary N) is 1. The van der Waals surface area contributed by atoms with Gasteiger partial charge in [0, 0.05) is 28.3 Å². The number of nitrogen functional groups attached to an aromatic ring is 1. The molecule has 3 N–H and O–H groups in total. The van der Waals surface area contributed by atoms with E-state index >= 15 is 0 Å². The number of nitrogens with zero attached hydrogens (tertiary/aromatic N) is 1. The quantitative estimate of drug-likeness (QED) is 0.880. The Kier molecular flexibility index (Phi) is 4.63. The lowest BCUT2D eigenvalue weighted by atomic mass is 10.1. The van der Waals surface area contributed by atoms with Crippen LogP contribution < -0.4 is 15.8 Å². The molecule has 0 unspecified atom stereocenters. The average Bonchev–Trinajstić information content (AvgIpc) is 2.36. The molecule has 19 heavy (non-hydrogen) atoms. The molecule has 2 heterocycles. The Morgan fingerprint density at radius 3 is 2.74 bits per heavy atom. The molecule has 5 nitrogen and oxygen atoms in total. The average molecular weight is 283 g/mol. The number of rotatable bonds is 4. The van der Waals surface area contributed by atoms with E-state index in [4.69, 9.17) is 10.5 Å². The lowest BCUT2D eigenvalue weighted by Crippen LogP contribution is -2.29. The van der Waals surface area contributed by atoms with E-state index in [1.165, 1.54) is 0 Å². The first-order valence-electron chi connectivity index (χ1n) is 6.59. The molecule has 0 spiro atoms. The summed E-state index contributed by atoms with van der Waals surface area (Å²) in [6.45, 7) is 3.88. The van der Waals surface area contributed by atoms with E-state index in [2.05, 4.69) is 10.3 Å². The van der Waals surface area contributed by atoms with Gasteiger partial charge in [-0.1, -0.05) is 0 Å². The molecule has 1 fully saturated rings. The van der Waals surface area contributed by atoms with Crippen LogP contribution in [0.1, 0.15) is 26.7 Å². The summed E-state index contributed by atoms with van der Waals surface area (Å²) in [5.41, 5.74) is 6.38. The number of aromatic nitrogens is 1. The Morgan fingerprint density at radius 1 is 1.42 bits per heavy atom. The van der Waals surface area contributed by atoms with Gasteiger partial charge in [0.1, 0.15) is 5.82 Å². The molecule has 1 aliphatic heterocycles. The fourth-order valence-corrected chi connectivity index (χ4v) is 3.30. The second-order valence-corrected chi connectivity index (χ2v) is 6.72. The molecule has 0 bridgehead atoms. The van der Waals surface area contributed by atoms with Gasteiger partial charge in [-0.25, -0.2) is 0 Å². The van der Waals surface area contributed by atoms with Crippen molar-refractivity contribution in [2.45, 2.75) is 38.8 Å². The van der Waals surface area contributed by atoms with Crippen molar-refractivity contribution in [3.05, 3.63) is 12.1 Å². The van der Waals surface area contributed by atoms with Crippen molar-refractivity contribution in [3.8, 4) is 5.88 Å². The van der Waals surface area contributed by atoms with E-state index in [0.29, 0.717) is 17.6 Å². The van der Waals surface area contributed by atoms with Crippen LogP contribution in [0.25, 0.3) is 0 Å². The zero-order chi connectivity index (χ0) is 13.8. The summed E-state index contributed by atoms with van der Waals surface area (Å²) < 4.78 is 16.9. The second kappa shape index (κ2) is 6.23. The Bertz CT molecular complexity index is 455. The van der Waals surface area contributed by atoms with E-state index in [0.717, 1.165) is 30.2 Å². The van der Waals surface area contributed by atoms with Crippen molar-refractivity contribution in [1.29, 1.82) is 0 Å². The fourth-order valence-electron chi connectivity index (χ4n) is 2.00. The van der Waals surface area contributed by atoms with E-state index in [9.17, 15) is 4.21 Å². The molecule has 0 atom stereocenters. The van der Waals surface area contributed by atoms with Crippen molar-refractivity contribution in [1.82, 2.24) is 4.98 Å². The Hall–Kier alpha value is -1.30.